The van der Waals surface area contributed by atoms with Crippen molar-refractivity contribution in [1.29, 1.82) is 0 Å². The molecule has 0 fully saturated rings. The summed E-state index contributed by atoms with van der Waals surface area (Å²) in [5.74, 6) is 0. The summed E-state index contributed by atoms with van der Waals surface area (Å²) in [6.07, 6.45) is 3.57. The highest BCUT2D eigenvalue weighted by atomic mass is 16.0. The number of aromatic nitrogens is 1. The number of pyridine rings is 1. The maximum absolute atomic E-state index is 3.90. The van der Waals surface area contributed by atoms with Gasteiger partial charge in [-0.05, 0) is 12.1 Å². The number of anilines is 1. The third kappa shape index (κ3) is 2.03. The van der Waals surface area contributed by atoms with E-state index in [9.17, 15) is 0 Å². The minimum absolute atomic E-state index is 0. The molecule has 0 bridgehead atoms. The molecular weight excluding hydrogens is 128 g/mol. The number of hydrogen-bond donors (Lipinski definition) is 1. The van der Waals surface area contributed by atoms with Gasteiger partial charge in [0.1, 0.15) is 0 Å². The van der Waals surface area contributed by atoms with Crippen molar-refractivity contribution in [2.24, 2.45) is 0 Å². The number of nitrogens with zero attached hydrogens (tertiary/aromatic N) is 2. The highest BCUT2D eigenvalue weighted by Gasteiger charge is 1.88. The zero-order valence-corrected chi connectivity index (χ0v) is 6.15. The van der Waals surface area contributed by atoms with Crippen LogP contribution in [-0.2, 0) is 0 Å². The lowest BCUT2D eigenvalue weighted by atomic mass is 10.4. The van der Waals surface area contributed by atoms with E-state index >= 15 is 0 Å². The summed E-state index contributed by atoms with van der Waals surface area (Å²) in [7, 11) is 4.02. The highest BCUT2D eigenvalue weighted by molar-refractivity contribution is 5.42. The first-order chi connectivity index (χ1) is 4.30. The summed E-state index contributed by atoms with van der Waals surface area (Å²) in [6.45, 7) is 0. The average molecular weight is 139 g/mol. The van der Waals surface area contributed by atoms with Gasteiger partial charge in [0.05, 0.1) is 0 Å². The summed E-state index contributed by atoms with van der Waals surface area (Å²) < 4.78 is 0. The van der Waals surface area contributed by atoms with Crippen molar-refractivity contribution in [2.45, 2.75) is 0 Å². The third-order valence-electron chi connectivity index (χ3n) is 1.18. The van der Waals surface area contributed by atoms with Crippen LogP contribution in [0.1, 0.15) is 0 Å². The van der Waals surface area contributed by atoms with E-state index in [1.54, 1.807) is 12.4 Å². The summed E-state index contributed by atoms with van der Waals surface area (Å²) in [6, 6.07) is 3.94. The predicted molar refractivity (Wildman–Crippen MR) is 40.5 cm³/mol. The van der Waals surface area contributed by atoms with Crippen LogP contribution in [0.5, 0.6) is 0 Å². The molecule has 0 atom stereocenters. The fourth-order valence-corrected chi connectivity index (χ4v) is 0.642. The van der Waals surface area contributed by atoms with Crippen LogP contribution in [0, 0.1) is 0 Å². The van der Waals surface area contributed by atoms with Crippen molar-refractivity contribution in [3.05, 3.63) is 24.5 Å². The number of hydrogen-bond acceptors (Lipinski definition) is 2. The summed E-state index contributed by atoms with van der Waals surface area (Å²) in [5, 5.41) is 0. The Labute approximate surface area is 60.6 Å². The van der Waals surface area contributed by atoms with Gasteiger partial charge >= 0.3 is 0 Å². The van der Waals surface area contributed by atoms with Gasteiger partial charge in [0, 0.05) is 32.2 Å². The second-order valence-electron chi connectivity index (χ2n) is 2.10. The molecule has 0 unspecified atom stereocenters. The zero-order chi connectivity index (χ0) is 6.69. The van der Waals surface area contributed by atoms with Gasteiger partial charge in [-0.3, -0.25) is 10.5 Å². The first kappa shape index (κ1) is 8.91. The quantitative estimate of drug-likeness (QED) is 0.630. The van der Waals surface area contributed by atoms with E-state index in [1.165, 1.54) is 5.69 Å². The molecular formula is C7H11N2O. The second kappa shape index (κ2) is 3.85. The molecule has 0 spiro atoms. The Bertz CT molecular complexity index is 174. The Balaban J connectivity index is 0.000000810. The van der Waals surface area contributed by atoms with Gasteiger partial charge in [0.15, 0.2) is 0 Å². The summed E-state index contributed by atoms with van der Waals surface area (Å²) >= 11 is 0. The molecule has 1 radical (unpaired) electrons. The topological polar surface area (TPSA) is 46.1 Å². The largest absolute Gasteiger partial charge is 0.378 e. The minimum atomic E-state index is 0. The SMILES string of the molecule is CN(C)c1ccncc1.[OH]. The highest BCUT2D eigenvalue weighted by Crippen LogP contribution is 2.05. The van der Waals surface area contributed by atoms with Crippen molar-refractivity contribution < 1.29 is 5.48 Å². The lowest BCUT2D eigenvalue weighted by molar-refractivity contribution is 0.824. The van der Waals surface area contributed by atoms with Gasteiger partial charge < -0.3 is 4.90 Å². The van der Waals surface area contributed by atoms with E-state index in [0.29, 0.717) is 0 Å². The molecule has 1 N–H and O–H groups in total. The molecule has 1 rings (SSSR count). The maximum Gasteiger partial charge on any atom is 0.0391 e. The molecule has 0 aliphatic rings. The molecule has 1 aromatic rings. The van der Waals surface area contributed by atoms with Crippen molar-refractivity contribution in [1.82, 2.24) is 4.98 Å². The molecule has 1 aromatic heterocycles. The molecule has 0 aliphatic carbocycles. The molecule has 0 aromatic carbocycles. The summed E-state index contributed by atoms with van der Waals surface area (Å²) in [4.78, 5) is 5.94. The number of rotatable bonds is 1. The first-order valence-electron chi connectivity index (χ1n) is 2.88. The molecule has 3 heteroatoms. The van der Waals surface area contributed by atoms with E-state index in [-0.39, 0.29) is 5.48 Å². The van der Waals surface area contributed by atoms with E-state index in [1.807, 2.05) is 31.1 Å². The van der Waals surface area contributed by atoms with Crippen LogP contribution in [0.2, 0.25) is 0 Å². The predicted octanol–water partition coefficient (Wildman–Crippen LogP) is 0.971. The third-order valence-corrected chi connectivity index (χ3v) is 1.18. The van der Waals surface area contributed by atoms with E-state index in [4.69, 9.17) is 0 Å². The molecule has 0 saturated heterocycles. The van der Waals surface area contributed by atoms with Crippen molar-refractivity contribution >= 4 is 5.69 Å². The van der Waals surface area contributed by atoms with E-state index < -0.39 is 0 Å². The lowest BCUT2D eigenvalue weighted by Gasteiger charge is -2.10. The Hall–Kier alpha value is -1.09. The van der Waals surface area contributed by atoms with E-state index in [0.717, 1.165) is 0 Å². The minimum Gasteiger partial charge on any atom is -0.378 e. The Morgan fingerprint density at radius 2 is 1.70 bits per heavy atom. The van der Waals surface area contributed by atoms with Crippen LogP contribution >= 0.6 is 0 Å². The monoisotopic (exact) mass is 139 g/mol. The van der Waals surface area contributed by atoms with Crippen LogP contribution in [0.3, 0.4) is 0 Å². The Kier molecular flexibility index (Phi) is 3.43. The molecule has 0 aliphatic heterocycles. The normalized spacial score (nSPS) is 8.20. The van der Waals surface area contributed by atoms with Crippen molar-refractivity contribution in [3.8, 4) is 0 Å². The van der Waals surface area contributed by atoms with Crippen LogP contribution < -0.4 is 4.90 Å². The molecule has 55 valence electrons. The molecule has 10 heavy (non-hydrogen) atoms. The van der Waals surface area contributed by atoms with Crippen molar-refractivity contribution in [3.63, 3.8) is 0 Å². The van der Waals surface area contributed by atoms with Crippen LogP contribution in [0.4, 0.5) is 5.69 Å². The summed E-state index contributed by atoms with van der Waals surface area (Å²) in [5.41, 5.74) is 1.19. The molecule has 3 nitrogen and oxygen atoms in total. The first-order valence-corrected chi connectivity index (χ1v) is 2.88. The Morgan fingerprint density at radius 3 is 2.00 bits per heavy atom. The fraction of sp³-hybridized carbons (Fsp3) is 0.286. The van der Waals surface area contributed by atoms with Gasteiger partial charge in [0.2, 0.25) is 0 Å². The molecule has 0 amide bonds. The van der Waals surface area contributed by atoms with Gasteiger partial charge in [-0.15, -0.1) is 0 Å². The Morgan fingerprint density at radius 1 is 1.20 bits per heavy atom. The van der Waals surface area contributed by atoms with E-state index in [2.05, 4.69) is 4.98 Å². The molecule has 1 heterocycles. The fourth-order valence-electron chi connectivity index (χ4n) is 0.642. The van der Waals surface area contributed by atoms with Crippen LogP contribution in [0.25, 0.3) is 0 Å². The average Bonchev–Trinajstić information content (AvgIpc) is 1.90. The van der Waals surface area contributed by atoms with Gasteiger partial charge in [-0.2, -0.15) is 0 Å². The van der Waals surface area contributed by atoms with Crippen molar-refractivity contribution in [2.75, 3.05) is 19.0 Å². The zero-order valence-electron chi connectivity index (χ0n) is 6.15. The second-order valence-corrected chi connectivity index (χ2v) is 2.10. The maximum atomic E-state index is 3.90. The van der Waals surface area contributed by atoms with Crippen LogP contribution in [-0.4, -0.2) is 24.6 Å². The standard InChI is InChI=1S/C7H10N2.HO/c1-9(2)7-3-5-8-6-4-7;/h3-6H,1-2H3;1H. The van der Waals surface area contributed by atoms with Gasteiger partial charge in [-0.25, -0.2) is 0 Å². The molecule has 0 saturated carbocycles. The van der Waals surface area contributed by atoms with Gasteiger partial charge in [0.25, 0.3) is 0 Å². The smallest absolute Gasteiger partial charge is 0.0391 e. The van der Waals surface area contributed by atoms with Gasteiger partial charge in [-0.1, -0.05) is 0 Å². The lowest BCUT2D eigenvalue weighted by Crippen LogP contribution is -2.07. The van der Waals surface area contributed by atoms with Crippen LogP contribution in [0.15, 0.2) is 24.5 Å².